The largest absolute Gasteiger partial charge is 0.317 e. The van der Waals surface area contributed by atoms with Gasteiger partial charge in [-0.3, -0.25) is 4.68 Å². The summed E-state index contributed by atoms with van der Waals surface area (Å²) in [6.07, 6.45) is 5.03. The number of hydrogen-bond donors (Lipinski definition) is 1. The molecule has 0 radical (unpaired) electrons. The molecule has 0 spiro atoms. The molecule has 1 heterocycles. The average Bonchev–Trinajstić information content (AvgIpc) is 2.68. The molecule has 4 nitrogen and oxygen atoms in total. The van der Waals surface area contributed by atoms with Crippen LogP contribution in [0.25, 0.3) is 0 Å². The lowest BCUT2D eigenvalue weighted by Crippen LogP contribution is -2.21. The molecule has 0 aliphatic carbocycles. The Balaban J connectivity index is 2.40. The summed E-state index contributed by atoms with van der Waals surface area (Å²) < 4.78 is 2.03. The van der Waals surface area contributed by atoms with Crippen LogP contribution in [-0.4, -0.2) is 48.4 Å². The number of nitrogens with zero attached hydrogens (tertiary/aromatic N) is 3. The molecule has 18 heavy (non-hydrogen) atoms. The van der Waals surface area contributed by atoms with Crippen molar-refractivity contribution in [3.63, 3.8) is 0 Å². The van der Waals surface area contributed by atoms with E-state index in [0.717, 1.165) is 49.7 Å². The van der Waals surface area contributed by atoms with Crippen LogP contribution in [0.15, 0.2) is 6.20 Å². The van der Waals surface area contributed by atoms with Crippen molar-refractivity contribution in [1.29, 1.82) is 0 Å². The molecular formula is C13H25ClN4. The molecule has 0 aliphatic heterocycles. The average molecular weight is 273 g/mol. The topological polar surface area (TPSA) is 33.1 Å². The SMILES string of the molecule is CCCNCCCc1c(Cl)cnn1CCN(C)C. The van der Waals surface area contributed by atoms with Crippen molar-refractivity contribution in [1.82, 2.24) is 20.0 Å². The summed E-state index contributed by atoms with van der Waals surface area (Å²) >= 11 is 6.18. The van der Waals surface area contributed by atoms with Crippen LogP contribution in [0.4, 0.5) is 0 Å². The first-order chi connectivity index (χ1) is 8.65. The Morgan fingerprint density at radius 3 is 2.83 bits per heavy atom. The van der Waals surface area contributed by atoms with Gasteiger partial charge in [0.05, 0.1) is 23.5 Å². The number of hydrogen-bond acceptors (Lipinski definition) is 3. The smallest absolute Gasteiger partial charge is 0.0817 e. The van der Waals surface area contributed by atoms with Gasteiger partial charge in [-0.15, -0.1) is 0 Å². The van der Waals surface area contributed by atoms with Gasteiger partial charge in [0.1, 0.15) is 0 Å². The van der Waals surface area contributed by atoms with Crippen molar-refractivity contribution >= 4 is 11.6 Å². The minimum absolute atomic E-state index is 0.796. The first-order valence-electron chi connectivity index (χ1n) is 6.70. The fraction of sp³-hybridized carbons (Fsp3) is 0.769. The fourth-order valence-electron chi connectivity index (χ4n) is 1.81. The molecule has 0 aromatic carbocycles. The van der Waals surface area contributed by atoms with Crippen LogP contribution in [0.5, 0.6) is 0 Å². The number of aromatic nitrogens is 2. The molecule has 5 heteroatoms. The standard InChI is InChI=1S/C13H25ClN4/c1-4-7-15-8-5-6-13-12(14)11-16-18(13)10-9-17(2)3/h11,15H,4-10H2,1-3H3. The predicted octanol–water partition coefficient (Wildman–Crippen LogP) is 2.03. The first kappa shape index (κ1) is 15.5. The molecule has 0 fully saturated rings. The molecule has 1 N–H and O–H groups in total. The van der Waals surface area contributed by atoms with E-state index >= 15 is 0 Å². The molecule has 0 saturated heterocycles. The Morgan fingerprint density at radius 1 is 1.39 bits per heavy atom. The zero-order chi connectivity index (χ0) is 13.4. The summed E-state index contributed by atoms with van der Waals surface area (Å²) in [7, 11) is 4.14. The Kier molecular flexibility index (Phi) is 7.32. The second-order valence-corrected chi connectivity index (χ2v) is 5.23. The lowest BCUT2D eigenvalue weighted by Gasteiger charge is -2.12. The van der Waals surface area contributed by atoms with Gasteiger partial charge in [0.15, 0.2) is 0 Å². The van der Waals surface area contributed by atoms with Crippen LogP contribution in [0.1, 0.15) is 25.5 Å². The number of nitrogens with one attached hydrogen (secondary N) is 1. The van der Waals surface area contributed by atoms with Crippen LogP contribution < -0.4 is 5.32 Å². The van der Waals surface area contributed by atoms with Crippen LogP contribution >= 0.6 is 11.6 Å². The van der Waals surface area contributed by atoms with E-state index in [9.17, 15) is 0 Å². The van der Waals surface area contributed by atoms with Crippen molar-refractivity contribution in [2.45, 2.75) is 32.7 Å². The Labute approximate surface area is 115 Å². The normalized spacial score (nSPS) is 11.4. The molecule has 1 aromatic rings. The van der Waals surface area contributed by atoms with E-state index in [1.807, 2.05) is 4.68 Å². The van der Waals surface area contributed by atoms with Gasteiger partial charge in [0, 0.05) is 6.54 Å². The summed E-state index contributed by atoms with van der Waals surface area (Å²) in [6.45, 7) is 6.20. The van der Waals surface area contributed by atoms with Crippen LogP contribution in [0.2, 0.25) is 5.02 Å². The molecule has 0 saturated carbocycles. The second-order valence-electron chi connectivity index (χ2n) is 4.82. The molecule has 0 amide bonds. The van der Waals surface area contributed by atoms with Crippen molar-refractivity contribution in [3.8, 4) is 0 Å². The lowest BCUT2D eigenvalue weighted by atomic mass is 10.2. The molecule has 0 atom stereocenters. The summed E-state index contributed by atoms with van der Waals surface area (Å²) in [5.74, 6) is 0. The maximum atomic E-state index is 6.18. The third-order valence-corrected chi connectivity index (χ3v) is 3.17. The zero-order valence-corrected chi connectivity index (χ0v) is 12.5. The van der Waals surface area contributed by atoms with E-state index < -0.39 is 0 Å². The van der Waals surface area contributed by atoms with Crippen molar-refractivity contribution in [2.75, 3.05) is 33.7 Å². The molecule has 0 bridgehead atoms. The van der Waals surface area contributed by atoms with Crippen LogP contribution in [0, 0.1) is 0 Å². The van der Waals surface area contributed by atoms with E-state index in [1.165, 1.54) is 6.42 Å². The number of likely N-dealkylation sites (N-methyl/N-ethyl adjacent to an activating group) is 1. The minimum atomic E-state index is 0.796. The molecular weight excluding hydrogens is 248 g/mol. The van der Waals surface area contributed by atoms with E-state index in [1.54, 1.807) is 6.20 Å². The third kappa shape index (κ3) is 5.38. The summed E-state index contributed by atoms with van der Waals surface area (Å²) in [4.78, 5) is 2.15. The van der Waals surface area contributed by atoms with Gasteiger partial charge in [0.25, 0.3) is 0 Å². The predicted molar refractivity (Wildman–Crippen MR) is 77.3 cm³/mol. The van der Waals surface area contributed by atoms with E-state index in [2.05, 4.69) is 36.3 Å². The van der Waals surface area contributed by atoms with Gasteiger partial charge in [-0.05, 0) is 46.4 Å². The van der Waals surface area contributed by atoms with Crippen LogP contribution in [0.3, 0.4) is 0 Å². The van der Waals surface area contributed by atoms with E-state index in [4.69, 9.17) is 11.6 Å². The van der Waals surface area contributed by atoms with Gasteiger partial charge in [-0.2, -0.15) is 5.10 Å². The van der Waals surface area contributed by atoms with Gasteiger partial charge in [-0.1, -0.05) is 18.5 Å². The maximum Gasteiger partial charge on any atom is 0.0817 e. The Bertz CT molecular complexity index is 336. The molecule has 1 aromatic heterocycles. The molecule has 1 rings (SSSR count). The van der Waals surface area contributed by atoms with E-state index in [-0.39, 0.29) is 0 Å². The van der Waals surface area contributed by atoms with Gasteiger partial charge in [-0.25, -0.2) is 0 Å². The highest BCUT2D eigenvalue weighted by atomic mass is 35.5. The van der Waals surface area contributed by atoms with Gasteiger partial charge in [0.2, 0.25) is 0 Å². The summed E-state index contributed by atoms with van der Waals surface area (Å²) in [5, 5.41) is 8.54. The third-order valence-electron chi connectivity index (χ3n) is 2.85. The fourth-order valence-corrected chi connectivity index (χ4v) is 2.04. The highest BCUT2D eigenvalue weighted by Gasteiger charge is 2.08. The van der Waals surface area contributed by atoms with Crippen molar-refractivity contribution in [2.24, 2.45) is 0 Å². The zero-order valence-electron chi connectivity index (χ0n) is 11.7. The van der Waals surface area contributed by atoms with Crippen LogP contribution in [-0.2, 0) is 13.0 Å². The van der Waals surface area contributed by atoms with Crippen molar-refractivity contribution < 1.29 is 0 Å². The number of rotatable bonds is 9. The highest BCUT2D eigenvalue weighted by Crippen LogP contribution is 2.16. The molecule has 104 valence electrons. The minimum Gasteiger partial charge on any atom is -0.317 e. The monoisotopic (exact) mass is 272 g/mol. The van der Waals surface area contributed by atoms with Crippen molar-refractivity contribution in [3.05, 3.63) is 16.9 Å². The quantitative estimate of drug-likeness (QED) is 0.699. The Hall–Kier alpha value is -0.580. The summed E-state index contributed by atoms with van der Waals surface area (Å²) in [6, 6.07) is 0. The van der Waals surface area contributed by atoms with Gasteiger partial charge < -0.3 is 10.2 Å². The van der Waals surface area contributed by atoms with E-state index in [0.29, 0.717) is 0 Å². The molecule has 0 aliphatic rings. The highest BCUT2D eigenvalue weighted by molar-refractivity contribution is 6.31. The lowest BCUT2D eigenvalue weighted by molar-refractivity contribution is 0.369. The maximum absolute atomic E-state index is 6.18. The number of halogens is 1. The summed E-state index contributed by atoms with van der Waals surface area (Å²) in [5.41, 5.74) is 1.16. The Morgan fingerprint density at radius 2 is 2.17 bits per heavy atom. The molecule has 0 unspecified atom stereocenters. The first-order valence-corrected chi connectivity index (χ1v) is 7.08. The van der Waals surface area contributed by atoms with Gasteiger partial charge >= 0.3 is 0 Å². The second kappa shape index (κ2) is 8.51.